The van der Waals surface area contributed by atoms with Crippen molar-refractivity contribution in [2.45, 2.75) is 25.9 Å². The summed E-state index contributed by atoms with van der Waals surface area (Å²) in [5, 5.41) is 11.0. The summed E-state index contributed by atoms with van der Waals surface area (Å²) < 4.78 is 0. The molecule has 0 bridgehead atoms. The van der Waals surface area contributed by atoms with E-state index in [1.165, 1.54) is 0 Å². The summed E-state index contributed by atoms with van der Waals surface area (Å²) in [5.74, 6) is 1.06. The van der Waals surface area contributed by atoms with E-state index in [9.17, 15) is 10.1 Å². The van der Waals surface area contributed by atoms with Crippen molar-refractivity contribution in [2.75, 3.05) is 19.1 Å². The fourth-order valence-electron chi connectivity index (χ4n) is 1.96. The number of halogens is 1. The lowest BCUT2D eigenvalue weighted by atomic mass is 10.1. The van der Waals surface area contributed by atoms with Gasteiger partial charge in [0.2, 0.25) is 0 Å². The van der Waals surface area contributed by atoms with Gasteiger partial charge in [-0.05, 0) is 31.4 Å². The molecule has 0 fully saturated rings. The van der Waals surface area contributed by atoms with Crippen LogP contribution in [0.2, 0.25) is 5.02 Å². The quantitative estimate of drug-likeness (QED) is 0.567. The Morgan fingerprint density at radius 3 is 2.74 bits per heavy atom. The van der Waals surface area contributed by atoms with E-state index in [0.717, 1.165) is 17.7 Å². The third kappa shape index (κ3) is 4.67. The Morgan fingerprint density at radius 1 is 1.53 bits per heavy atom. The molecule has 1 aromatic carbocycles. The van der Waals surface area contributed by atoms with Crippen LogP contribution in [0.4, 0.5) is 5.69 Å². The fraction of sp³-hybridized carbons (Fsp3) is 0.538. The first kappa shape index (κ1) is 16.3. The van der Waals surface area contributed by atoms with E-state index in [2.05, 4.69) is 18.1 Å². The van der Waals surface area contributed by atoms with Gasteiger partial charge in [-0.1, -0.05) is 24.6 Å². The maximum Gasteiger partial charge on any atom is 0.288 e. The third-order valence-corrected chi connectivity index (χ3v) is 4.13. The lowest BCUT2D eigenvalue weighted by Gasteiger charge is -2.26. The van der Waals surface area contributed by atoms with E-state index >= 15 is 0 Å². The standard InChI is InChI=1S/C13H19ClN2O2S/c1-4-11(9-19-3)15(2)8-10-5-6-12(14)13(7-10)16(17)18/h5-7,11H,4,8-9H2,1-3H3. The van der Waals surface area contributed by atoms with Crippen LogP contribution in [0.5, 0.6) is 0 Å². The van der Waals surface area contributed by atoms with E-state index in [0.29, 0.717) is 12.6 Å². The van der Waals surface area contributed by atoms with Crippen LogP contribution in [0.3, 0.4) is 0 Å². The van der Waals surface area contributed by atoms with Crippen molar-refractivity contribution in [2.24, 2.45) is 0 Å². The third-order valence-electron chi connectivity index (χ3n) is 3.09. The van der Waals surface area contributed by atoms with Gasteiger partial charge in [0.1, 0.15) is 5.02 Å². The molecule has 106 valence electrons. The molecule has 0 saturated carbocycles. The molecule has 1 unspecified atom stereocenters. The molecule has 0 radical (unpaired) electrons. The Hall–Kier alpha value is -0.780. The Bertz CT molecular complexity index is 443. The van der Waals surface area contributed by atoms with Crippen LogP contribution in [0.25, 0.3) is 0 Å². The highest BCUT2D eigenvalue weighted by Gasteiger charge is 2.16. The van der Waals surface area contributed by atoms with Crippen LogP contribution in [0.15, 0.2) is 18.2 Å². The van der Waals surface area contributed by atoms with Crippen molar-refractivity contribution in [1.29, 1.82) is 0 Å². The molecule has 4 nitrogen and oxygen atoms in total. The monoisotopic (exact) mass is 302 g/mol. The largest absolute Gasteiger partial charge is 0.298 e. The molecule has 6 heteroatoms. The van der Waals surface area contributed by atoms with E-state index in [-0.39, 0.29) is 10.7 Å². The molecule has 0 N–H and O–H groups in total. The van der Waals surface area contributed by atoms with Gasteiger partial charge >= 0.3 is 0 Å². The molecular weight excluding hydrogens is 284 g/mol. The zero-order chi connectivity index (χ0) is 14.4. The first-order chi connectivity index (χ1) is 8.99. The molecule has 0 aliphatic carbocycles. The van der Waals surface area contributed by atoms with Crippen molar-refractivity contribution >= 4 is 29.1 Å². The fourth-order valence-corrected chi connectivity index (χ4v) is 3.02. The van der Waals surface area contributed by atoms with Crippen LogP contribution < -0.4 is 0 Å². The highest BCUT2D eigenvalue weighted by atomic mass is 35.5. The van der Waals surface area contributed by atoms with E-state index < -0.39 is 4.92 Å². The number of rotatable bonds is 7. The second-order valence-electron chi connectivity index (χ2n) is 4.48. The van der Waals surface area contributed by atoms with Crippen molar-refractivity contribution in [3.63, 3.8) is 0 Å². The van der Waals surface area contributed by atoms with Gasteiger partial charge in [0.05, 0.1) is 4.92 Å². The van der Waals surface area contributed by atoms with Gasteiger partial charge in [0, 0.05) is 24.4 Å². The smallest absolute Gasteiger partial charge is 0.288 e. The minimum absolute atomic E-state index is 0.0227. The molecule has 1 rings (SSSR count). The summed E-state index contributed by atoms with van der Waals surface area (Å²) in [4.78, 5) is 12.6. The summed E-state index contributed by atoms with van der Waals surface area (Å²) in [5.41, 5.74) is 0.892. The lowest BCUT2D eigenvalue weighted by Crippen LogP contribution is -2.32. The predicted molar refractivity (Wildman–Crippen MR) is 82.0 cm³/mol. The van der Waals surface area contributed by atoms with Crippen LogP contribution >= 0.6 is 23.4 Å². The van der Waals surface area contributed by atoms with Gasteiger partial charge in [-0.25, -0.2) is 0 Å². The van der Waals surface area contributed by atoms with Crippen LogP contribution in [0.1, 0.15) is 18.9 Å². The van der Waals surface area contributed by atoms with Crippen molar-refractivity contribution in [3.8, 4) is 0 Å². The molecule has 1 atom stereocenters. The zero-order valence-corrected chi connectivity index (χ0v) is 13.0. The van der Waals surface area contributed by atoms with Crippen molar-refractivity contribution in [3.05, 3.63) is 38.9 Å². The molecule has 0 saturated heterocycles. The van der Waals surface area contributed by atoms with Gasteiger partial charge in [0.25, 0.3) is 5.69 Å². The van der Waals surface area contributed by atoms with E-state index in [1.54, 1.807) is 12.1 Å². The molecular formula is C13H19ClN2O2S. The summed E-state index contributed by atoms with van der Waals surface area (Å²) in [6.45, 7) is 2.85. The van der Waals surface area contributed by atoms with Crippen molar-refractivity contribution in [1.82, 2.24) is 4.90 Å². The number of nitrogens with zero attached hydrogens (tertiary/aromatic N) is 2. The molecule has 0 amide bonds. The first-order valence-electron chi connectivity index (χ1n) is 6.11. The predicted octanol–water partition coefficient (Wildman–Crippen LogP) is 3.82. The number of benzene rings is 1. The normalized spacial score (nSPS) is 12.7. The van der Waals surface area contributed by atoms with Gasteiger partial charge in [-0.3, -0.25) is 15.0 Å². The van der Waals surface area contributed by atoms with Gasteiger partial charge in [0.15, 0.2) is 0 Å². The maximum atomic E-state index is 10.9. The zero-order valence-electron chi connectivity index (χ0n) is 11.4. The second-order valence-corrected chi connectivity index (χ2v) is 5.79. The van der Waals surface area contributed by atoms with Crippen molar-refractivity contribution < 1.29 is 4.92 Å². The average molecular weight is 303 g/mol. The Balaban J connectivity index is 2.81. The summed E-state index contributed by atoms with van der Waals surface area (Å²) in [6.07, 6.45) is 3.15. The van der Waals surface area contributed by atoms with Gasteiger partial charge in [-0.15, -0.1) is 0 Å². The maximum absolute atomic E-state index is 10.9. The topological polar surface area (TPSA) is 46.4 Å². The molecule has 1 aromatic rings. The number of nitro benzene ring substituents is 1. The molecule has 19 heavy (non-hydrogen) atoms. The molecule has 0 aliphatic rings. The van der Waals surface area contributed by atoms with Crippen LogP contribution in [0, 0.1) is 10.1 Å². The highest BCUT2D eigenvalue weighted by Crippen LogP contribution is 2.26. The van der Waals surface area contributed by atoms with Gasteiger partial charge in [-0.2, -0.15) is 11.8 Å². The van der Waals surface area contributed by atoms with Crippen LogP contribution in [-0.2, 0) is 6.54 Å². The molecule has 0 spiro atoms. The number of thioether (sulfide) groups is 1. The molecule has 0 aliphatic heterocycles. The van der Waals surface area contributed by atoms with Crippen LogP contribution in [-0.4, -0.2) is 34.9 Å². The summed E-state index contributed by atoms with van der Waals surface area (Å²) in [6, 6.07) is 5.48. The Morgan fingerprint density at radius 2 is 2.21 bits per heavy atom. The molecule has 0 heterocycles. The minimum atomic E-state index is -0.439. The summed E-state index contributed by atoms with van der Waals surface area (Å²) >= 11 is 7.62. The second kappa shape index (κ2) is 7.72. The average Bonchev–Trinajstić information content (AvgIpc) is 2.37. The Kier molecular flexibility index (Phi) is 6.62. The van der Waals surface area contributed by atoms with E-state index in [1.807, 2.05) is 24.9 Å². The first-order valence-corrected chi connectivity index (χ1v) is 7.88. The lowest BCUT2D eigenvalue weighted by molar-refractivity contribution is -0.384. The van der Waals surface area contributed by atoms with E-state index in [4.69, 9.17) is 11.6 Å². The summed E-state index contributed by atoms with van der Waals surface area (Å²) in [7, 11) is 2.05. The minimum Gasteiger partial charge on any atom is -0.298 e. The number of hydrogen-bond acceptors (Lipinski definition) is 4. The Labute approximate surface area is 123 Å². The highest BCUT2D eigenvalue weighted by molar-refractivity contribution is 7.98. The SMILES string of the molecule is CCC(CSC)N(C)Cc1ccc(Cl)c([N+](=O)[O-])c1. The number of hydrogen-bond donors (Lipinski definition) is 0. The van der Waals surface area contributed by atoms with Gasteiger partial charge < -0.3 is 0 Å². The number of nitro groups is 1. The molecule has 0 aromatic heterocycles.